The molecule has 1 atom stereocenters. The zero-order chi connectivity index (χ0) is 23.1. The monoisotopic (exact) mass is 421 g/mol. The van der Waals surface area contributed by atoms with E-state index >= 15 is 0 Å². The van der Waals surface area contributed by atoms with E-state index in [4.69, 9.17) is 11.5 Å². The third-order valence-corrected chi connectivity index (χ3v) is 4.61. The maximum atomic E-state index is 12.9. The molecule has 0 aromatic heterocycles. The Labute approximate surface area is 175 Å². The number of benzene rings is 2. The van der Waals surface area contributed by atoms with E-state index in [1.807, 2.05) is 45.9 Å². The van der Waals surface area contributed by atoms with Crippen LogP contribution in [0.5, 0.6) is 0 Å². The Morgan fingerprint density at radius 3 is 2.17 bits per heavy atom. The summed E-state index contributed by atoms with van der Waals surface area (Å²) >= 11 is 0. The number of halogens is 3. The third-order valence-electron chi connectivity index (χ3n) is 4.61. The molecule has 2 aromatic rings. The zero-order valence-corrected chi connectivity index (χ0v) is 18.0. The lowest BCUT2D eigenvalue weighted by Crippen LogP contribution is -2.37. The van der Waals surface area contributed by atoms with Gasteiger partial charge in [-0.1, -0.05) is 35.9 Å². The topological polar surface area (TPSA) is 81.1 Å². The van der Waals surface area contributed by atoms with E-state index < -0.39 is 12.1 Å². The van der Waals surface area contributed by atoms with Crippen LogP contribution in [0, 0.1) is 19.8 Å². The van der Waals surface area contributed by atoms with Crippen LogP contribution in [0.4, 0.5) is 13.2 Å². The van der Waals surface area contributed by atoms with Gasteiger partial charge in [-0.3, -0.25) is 4.79 Å². The second-order valence-electron chi connectivity index (χ2n) is 7.44. The lowest BCUT2D eigenvalue weighted by Gasteiger charge is -2.16. The van der Waals surface area contributed by atoms with E-state index in [-0.39, 0.29) is 11.7 Å². The second kappa shape index (κ2) is 10.7. The Balaban J connectivity index is 0.000000656. The Bertz CT molecular complexity index is 982. The predicted octanol–water partition coefficient (Wildman–Crippen LogP) is 3.07. The number of aryl methyl sites for hydroxylation is 2. The van der Waals surface area contributed by atoms with E-state index in [1.54, 1.807) is 18.2 Å². The van der Waals surface area contributed by atoms with Gasteiger partial charge in [-0.25, -0.2) is 0 Å². The van der Waals surface area contributed by atoms with Crippen LogP contribution in [0.25, 0.3) is 23.0 Å². The Morgan fingerprint density at radius 1 is 1.07 bits per heavy atom. The quantitative estimate of drug-likeness (QED) is 0.664. The summed E-state index contributed by atoms with van der Waals surface area (Å²) in [5.41, 5.74) is 15.3. The number of hydrogen-bond donors (Lipinski definition) is 3. The van der Waals surface area contributed by atoms with Gasteiger partial charge >= 0.3 is 6.18 Å². The molecule has 5 N–H and O–H groups in total. The van der Waals surface area contributed by atoms with Crippen LogP contribution in [0.3, 0.4) is 0 Å². The SMILES string of the molecule is CC(C)NC=O.Cc1ccc(C)c(-c2ccc(=C(/N)C(C)C(F)(F)F)/c(=C\N)c2)c1. The standard InChI is InChI=1S/C19H21F3N2.C4H9NO/c1-11-4-5-12(2)17(8-11)14-6-7-16(15(9-14)10-23)18(24)13(3)19(20,21)22;1-4(2)5-3-6/h4-10,13H,23-24H2,1-3H3;3-4H,1-2H3,(H,5,6)/b15-10-,18-16-;. The highest BCUT2D eigenvalue weighted by atomic mass is 19.4. The van der Waals surface area contributed by atoms with Gasteiger partial charge in [0.05, 0.1) is 5.92 Å². The van der Waals surface area contributed by atoms with Crippen LogP contribution in [-0.4, -0.2) is 18.6 Å². The molecule has 0 fully saturated rings. The molecule has 2 aromatic carbocycles. The summed E-state index contributed by atoms with van der Waals surface area (Å²) in [5, 5.41) is 3.33. The maximum absolute atomic E-state index is 12.9. The van der Waals surface area contributed by atoms with Crippen molar-refractivity contribution in [3.63, 3.8) is 0 Å². The zero-order valence-electron chi connectivity index (χ0n) is 18.0. The van der Waals surface area contributed by atoms with Crippen molar-refractivity contribution >= 4 is 18.3 Å². The first-order valence-electron chi connectivity index (χ1n) is 9.58. The molecule has 0 saturated carbocycles. The molecule has 0 bridgehead atoms. The average Bonchev–Trinajstić information content (AvgIpc) is 2.67. The summed E-state index contributed by atoms with van der Waals surface area (Å²) in [6.45, 7) is 8.85. The molecule has 0 radical (unpaired) electrons. The molecule has 1 amide bonds. The number of hydrogen-bond acceptors (Lipinski definition) is 3. The van der Waals surface area contributed by atoms with E-state index in [9.17, 15) is 18.0 Å². The lowest BCUT2D eigenvalue weighted by molar-refractivity contribution is -0.154. The summed E-state index contributed by atoms with van der Waals surface area (Å²) < 4.78 is 38.8. The van der Waals surface area contributed by atoms with Crippen LogP contribution in [0.1, 0.15) is 31.9 Å². The molecule has 1 unspecified atom stereocenters. The van der Waals surface area contributed by atoms with Crippen molar-refractivity contribution in [2.75, 3.05) is 0 Å². The van der Waals surface area contributed by atoms with Gasteiger partial charge in [-0.15, -0.1) is 0 Å². The smallest absolute Gasteiger partial charge is 0.396 e. The fraction of sp³-hybridized carbons (Fsp3) is 0.348. The van der Waals surface area contributed by atoms with Gasteiger partial charge in [-0.05, 0) is 62.6 Å². The van der Waals surface area contributed by atoms with Crippen molar-refractivity contribution < 1.29 is 18.0 Å². The van der Waals surface area contributed by atoms with Crippen LogP contribution in [-0.2, 0) is 4.79 Å². The molecule has 30 heavy (non-hydrogen) atoms. The molecule has 0 aliphatic rings. The number of amides is 1. The minimum absolute atomic E-state index is 0.230. The molecule has 0 saturated heterocycles. The summed E-state index contributed by atoms with van der Waals surface area (Å²) in [7, 11) is 0. The van der Waals surface area contributed by atoms with E-state index in [0.717, 1.165) is 29.2 Å². The van der Waals surface area contributed by atoms with E-state index in [0.29, 0.717) is 16.8 Å². The molecule has 164 valence electrons. The largest absolute Gasteiger partial charge is 0.404 e. The number of carbonyl (C=O) groups excluding carboxylic acids is 1. The summed E-state index contributed by atoms with van der Waals surface area (Å²) in [5.74, 6) is -1.73. The molecule has 0 aliphatic carbocycles. The van der Waals surface area contributed by atoms with Gasteiger partial charge in [0.25, 0.3) is 0 Å². The first kappa shape index (κ1) is 25.1. The maximum Gasteiger partial charge on any atom is 0.396 e. The number of rotatable bonds is 4. The van der Waals surface area contributed by atoms with Crippen molar-refractivity contribution in [3.05, 3.63) is 58.0 Å². The van der Waals surface area contributed by atoms with Crippen LogP contribution < -0.4 is 27.2 Å². The van der Waals surface area contributed by atoms with Gasteiger partial charge in [0.2, 0.25) is 6.41 Å². The summed E-state index contributed by atoms with van der Waals surface area (Å²) in [6.07, 6.45) is -2.40. The fourth-order valence-corrected chi connectivity index (χ4v) is 2.72. The number of carbonyl (C=O) groups is 1. The van der Waals surface area contributed by atoms with Crippen molar-refractivity contribution in [2.45, 2.75) is 46.8 Å². The highest BCUT2D eigenvalue weighted by molar-refractivity contribution is 5.68. The van der Waals surface area contributed by atoms with Crippen molar-refractivity contribution in [2.24, 2.45) is 17.4 Å². The number of alkyl halides is 3. The van der Waals surface area contributed by atoms with Gasteiger partial charge < -0.3 is 16.8 Å². The molecular weight excluding hydrogens is 391 g/mol. The van der Waals surface area contributed by atoms with E-state index in [1.165, 1.54) is 6.20 Å². The molecule has 0 heterocycles. The minimum atomic E-state index is -4.39. The Morgan fingerprint density at radius 2 is 1.70 bits per heavy atom. The van der Waals surface area contributed by atoms with Crippen molar-refractivity contribution in [1.29, 1.82) is 0 Å². The average molecular weight is 422 g/mol. The van der Waals surface area contributed by atoms with Crippen molar-refractivity contribution in [3.8, 4) is 11.1 Å². The highest BCUT2D eigenvalue weighted by Gasteiger charge is 2.37. The molecule has 0 aliphatic heterocycles. The molecule has 0 spiro atoms. The highest BCUT2D eigenvalue weighted by Crippen LogP contribution is 2.29. The van der Waals surface area contributed by atoms with Crippen LogP contribution in [0.15, 0.2) is 36.4 Å². The van der Waals surface area contributed by atoms with Crippen LogP contribution >= 0.6 is 0 Å². The minimum Gasteiger partial charge on any atom is -0.404 e. The summed E-state index contributed by atoms with van der Waals surface area (Å²) in [4.78, 5) is 9.50. The van der Waals surface area contributed by atoms with Crippen LogP contribution in [0.2, 0.25) is 0 Å². The normalized spacial score (nSPS) is 14.0. The Hall–Kier alpha value is -2.96. The second-order valence-corrected chi connectivity index (χ2v) is 7.44. The molecule has 7 heteroatoms. The predicted molar refractivity (Wildman–Crippen MR) is 116 cm³/mol. The van der Waals surface area contributed by atoms with Crippen molar-refractivity contribution in [1.82, 2.24) is 5.32 Å². The molecule has 4 nitrogen and oxygen atoms in total. The van der Waals surface area contributed by atoms with Gasteiger partial charge in [0, 0.05) is 23.2 Å². The fourth-order valence-electron chi connectivity index (χ4n) is 2.72. The number of nitrogens with one attached hydrogen (secondary N) is 1. The van der Waals surface area contributed by atoms with Gasteiger partial charge in [0.15, 0.2) is 0 Å². The first-order valence-corrected chi connectivity index (χ1v) is 9.58. The first-order chi connectivity index (χ1) is 13.9. The summed E-state index contributed by atoms with van der Waals surface area (Å²) in [6, 6.07) is 11.5. The third kappa shape index (κ3) is 6.83. The molecular formula is C23H30F3N3O. The Kier molecular flexibility index (Phi) is 8.95. The molecule has 2 rings (SSSR count). The number of nitrogens with two attached hydrogens (primary N) is 2. The lowest BCUT2D eigenvalue weighted by atomic mass is 9.96. The van der Waals surface area contributed by atoms with E-state index in [2.05, 4.69) is 5.32 Å². The van der Waals surface area contributed by atoms with Gasteiger partial charge in [0.1, 0.15) is 0 Å². The van der Waals surface area contributed by atoms with Gasteiger partial charge in [-0.2, -0.15) is 13.2 Å².